The van der Waals surface area contributed by atoms with Crippen LogP contribution in [0.25, 0.3) is 0 Å². The molecule has 8 nitrogen and oxygen atoms in total. The van der Waals surface area contributed by atoms with Crippen molar-refractivity contribution in [1.82, 2.24) is 0 Å². The highest BCUT2D eigenvalue weighted by Crippen LogP contribution is 2.27. The van der Waals surface area contributed by atoms with Crippen LogP contribution in [0.2, 0.25) is 0 Å². The SMILES string of the molecule is CCCCCC(=O)O[C@H]1[C@H](O)[C@@H](O)[C@H](O)[C@H](O)[C@@H]1OC(=O)CCCCC. The van der Waals surface area contributed by atoms with E-state index in [4.69, 9.17) is 9.47 Å². The van der Waals surface area contributed by atoms with Gasteiger partial charge < -0.3 is 29.9 Å². The monoisotopic (exact) mass is 376 g/mol. The molecular weight excluding hydrogens is 344 g/mol. The fourth-order valence-corrected chi connectivity index (χ4v) is 2.92. The third kappa shape index (κ3) is 6.50. The first-order valence-electron chi connectivity index (χ1n) is 9.44. The molecule has 1 rings (SSSR count). The van der Waals surface area contributed by atoms with E-state index in [1.807, 2.05) is 13.8 Å². The van der Waals surface area contributed by atoms with E-state index in [2.05, 4.69) is 0 Å². The summed E-state index contributed by atoms with van der Waals surface area (Å²) in [5, 5.41) is 40.0. The molecule has 0 unspecified atom stereocenters. The summed E-state index contributed by atoms with van der Waals surface area (Å²) in [7, 11) is 0. The Balaban J connectivity index is 2.78. The summed E-state index contributed by atoms with van der Waals surface area (Å²) in [4.78, 5) is 23.9. The topological polar surface area (TPSA) is 134 Å². The van der Waals surface area contributed by atoms with Gasteiger partial charge in [-0.2, -0.15) is 0 Å². The molecule has 4 N–H and O–H groups in total. The van der Waals surface area contributed by atoms with Crippen LogP contribution in [0, 0.1) is 0 Å². The molecule has 1 aliphatic rings. The molecule has 26 heavy (non-hydrogen) atoms. The van der Waals surface area contributed by atoms with Gasteiger partial charge in [0.2, 0.25) is 0 Å². The number of carbonyl (C=O) groups excluding carboxylic acids is 2. The first-order valence-corrected chi connectivity index (χ1v) is 9.44. The highest BCUT2D eigenvalue weighted by atomic mass is 16.6. The van der Waals surface area contributed by atoms with Gasteiger partial charge in [-0.3, -0.25) is 9.59 Å². The number of rotatable bonds is 10. The maximum absolute atomic E-state index is 12.0. The fraction of sp³-hybridized carbons (Fsp3) is 0.889. The molecule has 1 fully saturated rings. The van der Waals surface area contributed by atoms with Crippen LogP contribution in [0.4, 0.5) is 0 Å². The zero-order chi connectivity index (χ0) is 19.7. The van der Waals surface area contributed by atoms with E-state index >= 15 is 0 Å². The van der Waals surface area contributed by atoms with Gasteiger partial charge in [0.15, 0.2) is 12.2 Å². The first-order chi connectivity index (χ1) is 12.3. The predicted octanol–water partition coefficient (Wildman–Crippen LogP) is 0.428. The second-order valence-corrected chi connectivity index (χ2v) is 6.79. The van der Waals surface area contributed by atoms with Crippen molar-refractivity contribution in [2.24, 2.45) is 0 Å². The average molecular weight is 376 g/mol. The lowest BCUT2D eigenvalue weighted by Gasteiger charge is -2.42. The van der Waals surface area contributed by atoms with Crippen molar-refractivity contribution in [1.29, 1.82) is 0 Å². The number of hydrogen-bond donors (Lipinski definition) is 4. The van der Waals surface area contributed by atoms with E-state index < -0.39 is 48.6 Å². The van der Waals surface area contributed by atoms with E-state index in [1.54, 1.807) is 0 Å². The van der Waals surface area contributed by atoms with Gasteiger partial charge in [0.05, 0.1) is 0 Å². The van der Waals surface area contributed by atoms with Crippen molar-refractivity contribution < 1.29 is 39.5 Å². The number of aliphatic hydroxyl groups excluding tert-OH is 4. The highest BCUT2D eigenvalue weighted by Gasteiger charge is 2.52. The minimum atomic E-state index is -1.71. The molecule has 0 heterocycles. The number of esters is 2. The largest absolute Gasteiger partial charge is 0.455 e. The molecule has 152 valence electrons. The third-order valence-electron chi connectivity index (χ3n) is 4.55. The van der Waals surface area contributed by atoms with E-state index in [0.717, 1.165) is 25.7 Å². The minimum Gasteiger partial charge on any atom is -0.455 e. The standard InChI is InChI=1S/C18H32O8/c1-3-5-7-9-11(19)25-17-15(23)13(21)14(22)16(24)18(17)26-12(20)10-8-6-4-2/h13-18,21-24H,3-10H2,1-2H3/t13-,14-,15-,16+,17-,18-/m0/s1. The highest BCUT2D eigenvalue weighted by molar-refractivity contribution is 5.70. The molecule has 0 radical (unpaired) electrons. The van der Waals surface area contributed by atoms with Gasteiger partial charge >= 0.3 is 11.9 Å². The second kappa shape index (κ2) is 11.5. The van der Waals surface area contributed by atoms with Crippen molar-refractivity contribution in [3.8, 4) is 0 Å². The van der Waals surface area contributed by atoms with Gasteiger partial charge in [-0.1, -0.05) is 39.5 Å². The molecule has 1 saturated carbocycles. The minimum absolute atomic E-state index is 0.114. The summed E-state index contributed by atoms with van der Waals surface area (Å²) < 4.78 is 10.4. The quantitative estimate of drug-likeness (QED) is 0.319. The molecule has 0 aromatic heterocycles. The summed E-state index contributed by atoms with van der Waals surface area (Å²) in [6.07, 6.45) is -4.70. The molecule has 0 amide bonds. The van der Waals surface area contributed by atoms with Crippen molar-refractivity contribution in [2.75, 3.05) is 0 Å². The summed E-state index contributed by atoms with van der Waals surface area (Å²) in [5.74, 6) is -1.24. The first kappa shape index (κ1) is 22.8. The van der Waals surface area contributed by atoms with Crippen molar-refractivity contribution in [2.45, 2.75) is 102 Å². The number of ether oxygens (including phenoxy) is 2. The maximum atomic E-state index is 12.0. The van der Waals surface area contributed by atoms with Crippen LogP contribution in [0.5, 0.6) is 0 Å². The third-order valence-corrected chi connectivity index (χ3v) is 4.55. The zero-order valence-corrected chi connectivity index (χ0v) is 15.5. The molecule has 0 bridgehead atoms. The van der Waals surface area contributed by atoms with E-state index in [1.165, 1.54) is 0 Å². The van der Waals surface area contributed by atoms with Crippen molar-refractivity contribution >= 4 is 11.9 Å². The normalized spacial score (nSPS) is 31.5. The van der Waals surface area contributed by atoms with Crippen LogP contribution in [0.3, 0.4) is 0 Å². The van der Waals surface area contributed by atoms with Gasteiger partial charge in [0, 0.05) is 12.8 Å². The maximum Gasteiger partial charge on any atom is 0.306 e. The van der Waals surface area contributed by atoms with Crippen LogP contribution in [-0.4, -0.2) is 69.0 Å². The molecule has 0 spiro atoms. The molecule has 0 aromatic rings. The Kier molecular flexibility index (Phi) is 10.1. The number of carbonyl (C=O) groups is 2. The molecule has 0 saturated heterocycles. The Bertz CT molecular complexity index is 401. The molecule has 1 aliphatic carbocycles. The zero-order valence-electron chi connectivity index (χ0n) is 15.5. The summed E-state index contributed by atoms with van der Waals surface area (Å²) in [5.41, 5.74) is 0. The van der Waals surface area contributed by atoms with Crippen LogP contribution < -0.4 is 0 Å². The Morgan fingerprint density at radius 3 is 1.31 bits per heavy atom. The lowest BCUT2D eigenvalue weighted by Crippen LogP contribution is -2.65. The molecule has 8 heteroatoms. The molecule has 0 aromatic carbocycles. The lowest BCUT2D eigenvalue weighted by atomic mass is 9.84. The predicted molar refractivity (Wildman–Crippen MR) is 92.1 cm³/mol. The molecular formula is C18H32O8. The van der Waals surface area contributed by atoms with Gasteiger partial charge in [0.25, 0.3) is 0 Å². The Labute approximate surface area is 154 Å². The second-order valence-electron chi connectivity index (χ2n) is 6.79. The van der Waals surface area contributed by atoms with Crippen LogP contribution in [0.1, 0.15) is 65.2 Å². The van der Waals surface area contributed by atoms with Crippen molar-refractivity contribution in [3.63, 3.8) is 0 Å². The van der Waals surface area contributed by atoms with Gasteiger partial charge in [-0.05, 0) is 12.8 Å². The lowest BCUT2D eigenvalue weighted by molar-refractivity contribution is -0.241. The number of unbranched alkanes of at least 4 members (excludes halogenated alkanes) is 4. The Morgan fingerprint density at radius 1 is 0.654 bits per heavy atom. The fourth-order valence-electron chi connectivity index (χ4n) is 2.92. The van der Waals surface area contributed by atoms with E-state index in [0.29, 0.717) is 12.8 Å². The molecule has 0 aliphatic heterocycles. The Hall–Kier alpha value is -1.22. The van der Waals surface area contributed by atoms with Crippen LogP contribution in [-0.2, 0) is 19.1 Å². The Morgan fingerprint density at radius 2 is 1.00 bits per heavy atom. The number of hydrogen-bond acceptors (Lipinski definition) is 8. The van der Waals surface area contributed by atoms with Crippen molar-refractivity contribution in [3.05, 3.63) is 0 Å². The molecule has 6 atom stereocenters. The van der Waals surface area contributed by atoms with Gasteiger partial charge in [0.1, 0.15) is 24.4 Å². The summed E-state index contributed by atoms with van der Waals surface area (Å²) >= 11 is 0. The average Bonchev–Trinajstić information content (AvgIpc) is 2.61. The summed E-state index contributed by atoms with van der Waals surface area (Å²) in [6.45, 7) is 3.97. The van der Waals surface area contributed by atoms with Gasteiger partial charge in [-0.25, -0.2) is 0 Å². The van der Waals surface area contributed by atoms with Crippen LogP contribution >= 0.6 is 0 Å². The smallest absolute Gasteiger partial charge is 0.306 e. The van der Waals surface area contributed by atoms with Gasteiger partial charge in [-0.15, -0.1) is 0 Å². The van der Waals surface area contributed by atoms with Crippen LogP contribution in [0.15, 0.2) is 0 Å². The van der Waals surface area contributed by atoms with E-state index in [9.17, 15) is 30.0 Å². The van der Waals surface area contributed by atoms with E-state index in [-0.39, 0.29) is 12.8 Å². The number of aliphatic hydroxyl groups is 4. The summed E-state index contributed by atoms with van der Waals surface area (Å²) in [6, 6.07) is 0.